The van der Waals surface area contributed by atoms with Gasteiger partial charge in [-0.05, 0) is 56.5 Å². The van der Waals surface area contributed by atoms with E-state index >= 15 is 0 Å². The number of H-pyrrole nitrogens is 1. The molecule has 4 rings (SSSR count). The molecule has 1 unspecified atom stereocenters. The summed E-state index contributed by atoms with van der Waals surface area (Å²) in [6.07, 6.45) is 2.18. The van der Waals surface area contributed by atoms with E-state index in [1.807, 2.05) is 6.92 Å². The molecule has 140 valence electrons. The SMILES string of the molecule is CCn1c(C2CCCN(Cc3cc4c(cc3C)OCCO4)C2)n[nH]c1=O. The van der Waals surface area contributed by atoms with Crippen LogP contribution in [0, 0.1) is 6.92 Å². The normalized spacial score (nSPS) is 20.3. The molecule has 0 aliphatic carbocycles. The van der Waals surface area contributed by atoms with Gasteiger partial charge in [0.1, 0.15) is 19.0 Å². The van der Waals surface area contributed by atoms with Crippen LogP contribution in [0.2, 0.25) is 0 Å². The first-order chi connectivity index (χ1) is 12.7. The van der Waals surface area contributed by atoms with Gasteiger partial charge in [0.25, 0.3) is 0 Å². The van der Waals surface area contributed by atoms with Gasteiger partial charge in [0, 0.05) is 25.6 Å². The fraction of sp³-hybridized carbons (Fsp3) is 0.579. The number of aryl methyl sites for hydroxylation is 1. The van der Waals surface area contributed by atoms with Gasteiger partial charge in [-0.15, -0.1) is 0 Å². The van der Waals surface area contributed by atoms with Crippen LogP contribution in [0.4, 0.5) is 0 Å². The molecule has 2 aliphatic rings. The zero-order valence-electron chi connectivity index (χ0n) is 15.5. The largest absolute Gasteiger partial charge is 0.486 e. The molecule has 7 nitrogen and oxygen atoms in total. The fourth-order valence-corrected chi connectivity index (χ4v) is 4.00. The summed E-state index contributed by atoms with van der Waals surface area (Å²) in [7, 11) is 0. The van der Waals surface area contributed by atoms with Gasteiger partial charge in [-0.25, -0.2) is 9.89 Å². The Kier molecular flexibility index (Phi) is 4.72. The first kappa shape index (κ1) is 17.1. The Bertz CT molecular complexity index is 842. The van der Waals surface area contributed by atoms with Crippen LogP contribution in [0.15, 0.2) is 16.9 Å². The fourth-order valence-electron chi connectivity index (χ4n) is 4.00. The summed E-state index contributed by atoms with van der Waals surface area (Å²) in [4.78, 5) is 14.3. The van der Waals surface area contributed by atoms with Crippen molar-refractivity contribution < 1.29 is 9.47 Å². The van der Waals surface area contributed by atoms with Crippen LogP contribution in [-0.4, -0.2) is 46.0 Å². The highest BCUT2D eigenvalue weighted by molar-refractivity contribution is 5.47. The molecule has 0 spiro atoms. The monoisotopic (exact) mass is 358 g/mol. The van der Waals surface area contributed by atoms with Gasteiger partial charge in [0.2, 0.25) is 0 Å². The van der Waals surface area contributed by atoms with E-state index in [1.54, 1.807) is 4.57 Å². The number of ether oxygens (including phenoxy) is 2. The summed E-state index contributed by atoms with van der Waals surface area (Å²) in [5.74, 6) is 2.87. The van der Waals surface area contributed by atoms with E-state index in [2.05, 4.69) is 34.2 Å². The number of benzene rings is 1. The molecule has 3 heterocycles. The number of nitrogens with one attached hydrogen (secondary N) is 1. The maximum absolute atomic E-state index is 11.9. The van der Waals surface area contributed by atoms with Gasteiger partial charge in [-0.2, -0.15) is 5.10 Å². The number of likely N-dealkylation sites (tertiary alicyclic amines) is 1. The van der Waals surface area contributed by atoms with Crippen LogP contribution in [0.25, 0.3) is 0 Å². The summed E-state index contributed by atoms with van der Waals surface area (Å²) in [5, 5.41) is 6.89. The molecule has 1 aromatic heterocycles. The number of rotatable bonds is 4. The Morgan fingerprint density at radius 3 is 2.81 bits per heavy atom. The molecule has 0 bridgehead atoms. The summed E-state index contributed by atoms with van der Waals surface area (Å²) >= 11 is 0. The molecule has 0 amide bonds. The zero-order valence-corrected chi connectivity index (χ0v) is 15.5. The number of hydrogen-bond donors (Lipinski definition) is 1. The lowest BCUT2D eigenvalue weighted by molar-refractivity contribution is 0.169. The molecule has 2 aliphatic heterocycles. The first-order valence-electron chi connectivity index (χ1n) is 9.42. The van der Waals surface area contributed by atoms with Crippen LogP contribution in [0.1, 0.15) is 42.6 Å². The average molecular weight is 358 g/mol. The van der Waals surface area contributed by atoms with E-state index in [9.17, 15) is 4.79 Å². The highest BCUT2D eigenvalue weighted by Gasteiger charge is 2.26. The number of hydrogen-bond acceptors (Lipinski definition) is 5. The third kappa shape index (κ3) is 3.23. The minimum atomic E-state index is -0.109. The topological polar surface area (TPSA) is 72.4 Å². The van der Waals surface area contributed by atoms with Crippen molar-refractivity contribution in [2.24, 2.45) is 0 Å². The lowest BCUT2D eigenvalue weighted by Gasteiger charge is -2.33. The predicted molar refractivity (Wildman–Crippen MR) is 97.9 cm³/mol. The second-order valence-electron chi connectivity index (χ2n) is 7.13. The number of aromatic nitrogens is 3. The maximum atomic E-state index is 11.9. The Hall–Kier alpha value is -2.28. The number of aromatic amines is 1. The smallest absolute Gasteiger partial charge is 0.343 e. The molecular formula is C19H26N4O3. The molecular weight excluding hydrogens is 332 g/mol. The Morgan fingerprint density at radius 2 is 2.04 bits per heavy atom. The molecule has 1 saturated heterocycles. The number of fused-ring (bicyclic) bond motifs is 1. The van der Waals surface area contributed by atoms with Crippen LogP contribution >= 0.6 is 0 Å². The van der Waals surface area contributed by atoms with Crippen molar-refractivity contribution in [3.8, 4) is 11.5 Å². The first-order valence-corrected chi connectivity index (χ1v) is 9.42. The Morgan fingerprint density at radius 1 is 1.27 bits per heavy atom. The van der Waals surface area contributed by atoms with Crippen LogP contribution < -0.4 is 15.2 Å². The van der Waals surface area contributed by atoms with E-state index < -0.39 is 0 Å². The molecule has 0 radical (unpaired) electrons. The van der Waals surface area contributed by atoms with E-state index in [0.29, 0.717) is 25.7 Å². The van der Waals surface area contributed by atoms with Gasteiger partial charge in [0.05, 0.1) is 0 Å². The molecule has 1 N–H and O–H groups in total. The summed E-state index contributed by atoms with van der Waals surface area (Å²) in [6, 6.07) is 4.19. The van der Waals surface area contributed by atoms with Crippen molar-refractivity contribution in [2.75, 3.05) is 26.3 Å². The molecule has 0 saturated carbocycles. The van der Waals surface area contributed by atoms with Crippen molar-refractivity contribution in [2.45, 2.75) is 45.7 Å². The van der Waals surface area contributed by atoms with Crippen molar-refractivity contribution in [3.63, 3.8) is 0 Å². The third-order valence-electron chi connectivity index (χ3n) is 5.37. The van der Waals surface area contributed by atoms with Gasteiger partial charge < -0.3 is 9.47 Å². The van der Waals surface area contributed by atoms with Gasteiger partial charge >= 0.3 is 5.69 Å². The van der Waals surface area contributed by atoms with Crippen LogP contribution in [0.5, 0.6) is 11.5 Å². The van der Waals surface area contributed by atoms with E-state index in [1.165, 1.54) is 11.1 Å². The molecule has 7 heteroatoms. The van der Waals surface area contributed by atoms with Crippen LogP contribution in [0.3, 0.4) is 0 Å². The second kappa shape index (κ2) is 7.15. The average Bonchev–Trinajstić information content (AvgIpc) is 3.03. The Balaban J connectivity index is 1.51. The van der Waals surface area contributed by atoms with Gasteiger partial charge in [-0.3, -0.25) is 9.47 Å². The molecule has 1 aromatic carbocycles. The predicted octanol–water partition coefficient (Wildman–Crippen LogP) is 2.05. The van der Waals surface area contributed by atoms with Crippen molar-refractivity contribution in [1.29, 1.82) is 0 Å². The zero-order chi connectivity index (χ0) is 18.1. The van der Waals surface area contributed by atoms with Crippen molar-refractivity contribution >= 4 is 0 Å². The van der Waals surface area contributed by atoms with Gasteiger partial charge in [0.15, 0.2) is 11.5 Å². The standard InChI is InChI=1S/C19H26N4O3/c1-3-23-18(20-21-19(23)24)14-5-4-6-22(11-14)12-15-10-17-16(9-13(15)2)25-7-8-26-17/h9-10,14H,3-8,11-12H2,1-2H3,(H,21,24). The quantitative estimate of drug-likeness (QED) is 0.906. The third-order valence-corrected chi connectivity index (χ3v) is 5.37. The highest BCUT2D eigenvalue weighted by atomic mass is 16.6. The van der Waals surface area contributed by atoms with Gasteiger partial charge in [-0.1, -0.05) is 0 Å². The van der Waals surface area contributed by atoms with Crippen molar-refractivity contribution in [3.05, 3.63) is 39.6 Å². The van der Waals surface area contributed by atoms with E-state index in [-0.39, 0.29) is 5.69 Å². The summed E-state index contributed by atoms with van der Waals surface area (Å²) < 4.78 is 13.2. The highest BCUT2D eigenvalue weighted by Crippen LogP contribution is 2.34. The van der Waals surface area contributed by atoms with E-state index in [0.717, 1.165) is 49.8 Å². The van der Waals surface area contributed by atoms with Crippen molar-refractivity contribution in [1.82, 2.24) is 19.7 Å². The summed E-state index contributed by atoms with van der Waals surface area (Å²) in [6.45, 7) is 8.83. The molecule has 2 aromatic rings. The lowest BCUT2D eigenvalue weighted by Crippen LogP contribution is -2.35. The minimum Gasteiger partial charge on any atom is -0.486 e. The molecule has 1 atom stereocenters. The Labute approximate surface area is 152 Å². The number of piperidine rings is 1. The van der Waals surface area contributed by atoms with Crippen LogP contribution in [-0.2, 0) is 13.1 Å². The minimum absolute atomic E-state index is 0.109. The summed E-state index contributed by atoms with van der Waals surface area (Å²) in [5.41, 5.74) is 2.38. The molecule has 26 heavy (non-hydrogen) atoms. The van der Waals surface area contributed by atoms with E-state index in [4.69, 9.17) is 9.47 Å². The second-order valence-corrected chi connectivity index (χ2v) is 7.13. The molecule has 1 fully saturated rings. The number of nitrogens with zero attached hydrogens (tertiary/aromatic N) is 3. The lowest BCUT2D eigenvalue weighted by atomic mass is 9.96. The maximum Gasteiger partial charge on any atom is 0.343 e.